The molecular formula is C30H27ClFN3O3. The summed E-state index contributed by atoms with van der Waals surface area (Å²) in [4.78, 5) is 25.5. The van der Waals surface area contributed by atoms with Gasteiger partial charge < -0.3 is 10.1 Å². The minimum absolute atomic E-state index is 0.132. The molecule has 0 aromatic heterocycles. The highest BCUT2D eigenvalue weighted by atomic mass is 35.5. The Labute approximate surface area is 225 Å². The predicted octanol–water partition coefficient (Wildman–Crippen LogP) is 6.12. The topological polar surface area (TPSA) is 79.8 Å². The van der Waals surface area contributed by atoms with Crippen LogP contribution in [0.15, 0.2) is 90.0 Å². The van der Waals surface area contributed by atoms with E-state index in [0.29, 0.717) is 22.9 Å². The van der Waals surface area contributed by atoms with Crippen molar-refractivity contribution in [1.29, 1.82) is 0 Å². The molecular weight excluding hydrogens is 505 g/mol. The number of hydrogen-bond acceptors (Lipinski definition) is 4. The fourth-order valence-electron chi connectivity index (χ4n) is 3.91. The summed E-state index contributed by atoms with van der Waals surface area (Å²) in [5.41, 5.74) is 4.01. The highest BCUT2D eigenvalue weighted by Crippen LogP contribution is 2.27. The van der Waals surface area contributed by atoms with Crippen LogP contribution >= 0.6 is 11.6 Å². The van der Waals surface area contributed by atoms with Crippen LogP contribution in [0.2, 0.25) is 5.02 Å². The standard InChI is InChI=1S/C30H27ClFN3O3/c1-19(2)28(34-29(36)24-9-5-6-10-26(24)32)30(37)35-33-17-25-23-8-4-3-7-21(23)13-16-27(25)38-18-20-11-14-22(31)15-12-20/h3-17,19,28H,18H2,1-2H3,(H,34,36)(H,35,37). The molecule has 0 aliphatic rings. The first kappa shape index (κ1) is 26.8. The second kappa shape index (κ2) is 12.3. The average molecular weight is 532 g/mol. The minimum atomic E-state index is -0.924. The normalized spacial score (nSPS) is 12.0. The zero-order valence-corrected chi connectivity index (χ0v) is 21.7. The zero-order chi connectivity index (χ0) is 27.1. The van der Waals surface area contributed by atoms with Gasteiger partial charge in [-0.1, -0.05) is 80.0 Å². The Bertz CT molecular complexity index is 1470. The lowest BCUT2D eigenvalue weighted by molar-refractivity contribution is -0.123. The van der Waals surface area contributed by atoms with Gasteiger partial charge in [0.25, 0.3) is 11.8 Å². The van der Waals surface area contributed by atoms with E-state index in [4.69, 9.17) is 16.3 Å². The maximum atomic E-state index is 14.0. The highest BCUT2D eigenvalue weighted by Gasteiger charge is 2.25. The number of rotatable bonds is 9. The third-order valence-electron chi connectivity index (χ3n) is 5.96. The lowest BCUT2D eigenvalue weighted by Gasteiger charge is -2.20. The highest BCUT2D eigenvalue weighted by molar-refractivity contribution is 6.30. The number of fused-ring (bicyclic) bond motifs is 1. The van der Waals surface area contributed by atoms with Crippen molar-refractivity contribution in [3.05, 3.63) is 112 Å². The van der Waals surface area contributed by atoms with Crippen LogP contribution in [0.3, 0.4) is 0 Å². The Balaban J connectivity index is 1.52. The summed E-state index contributed by atoms with van der Waals surface area (Å²) < 4.78 is 20.1. The van der Waals surface area contributed by atoms with Crippen LogP contribution < -0.4 is 15.5 Å². The van der Waals surface area contributed by atoms with Crippen LogP contribution in [0.1, 0.15) is 35.3 Å². The van der Waals surface area contributed by atoms with E-state index in [9.17, 15) is 14.0 Å². The van der Waals surface area contributed by atoms with Crippen molar-refractivity contribution in [3.63, 3.8) is 0 Å². The number of carbonyl (C=O) groups excluding carboxylic acids is 2. The van der Waals surface area contributed by atoms with E-state index in [-0.39, 0.29) is 11.5 Å². The van der Waals surface area contributed by atoms with E-state index in [1.54, 1.807) is 32.0 Å². The van der Waals surface area contributed by atoms with Crippen LogP contribution in [0.5, 0.6) is 5.75 Å². The van der Waals surface area contributed by atoms with E-state index in [1.165, 1.54) is 24.4 Å². The van der Waals surface area contributed by atoms with Gasteiger partial charge in [0.05, 0.1) is 11.8 Å². The number of amides is 2. The molecule has 6 nitrogen and oxygen atoms in total. The average Bonchev–Trinajstić information content (AvgIpc) is 2.91. The fourth-order valence-corrected chi connectivity index (χ4v) is 4.03. The van der Waals surface area contributed by atoms with Gasteiger partial charge in [0.1, 0.15) is 24.2 Å². The third kappa shape index (κ3) is 6.55. The Morgan fingerprint density at radius 1 is 0.974 bits per heavy atom. The predicted molar refractivity (Wildman–Crippen MR) is 148 cm³/mol. The lowest BCUT2D eigenvalue weighted by atomic mass is 10.0. The summed E-state index contributed by atoms with van der Waals surface area (Å²) in [7, 11) is 0. The van der Waals surface area contributed by atoms with Crippen molar-refractivity contribution >= 4 is 40.4 Å². The molecule has 0 saturated carbocycles. The van der Waals surface area contributed by atoms with Gasteiger partial charge in [-0.3, -0.25) is 9.59 Å². The molecule has 2 amide bonds. The van der Waals surface area contributed by atoms with Gasteiger partial charge in [-0.25, -0.2) is 9.82 Å². The van der Waals surface area contributed by atoms with E-state index in [1.807, 2.05) is 48.5 Å². The maximum absolute atomic E-state index is 14.0. The summed E-state index contributed by atoms with van der Waals surface area (Å²) in [5.74, 6) is -1.53. The molecule has 4 rings (SSSR count). The van der Waals surface area contributed by atoms with Crippen molar-refractivity contribution in [3.8, 4) is 5.75 Å². The molecule has 0 aliphatic heterocycles. The van der Waals surface area contributed by atoms with E-state index in [2.05, 4.69) is 15.8 Å². The fraction of sp³-hybridized carbons (Fsp3) is 0.167. The van der Waals surface area contributed by atoms with Gasteiger partial charge in [0.2, 0.25) is 0 Å². The molecule has 1 unspecified atom stereocenters. The number of nitrogens with zero attached hydrogens (tertiary/aromatic N) is 1. The van der Waals surface area contributed by atoms with Crippen LogP contribution in [0.4, 0.5) is 4.39 Å². The first-order chi connectivity index (χ1) is 18.3. The summed E-state index contributed by atoms with van der Waals surface area (Å²) in [5, 5.41) is 9.30. The molecule has 0 heterocycles. The van der Waals surface area contributed by atoms with E-state index >= 15 is 0 Å². The van der Waals surface area contributed by atoms with Crippen molar-refractivity contribution < 1.29 is 18.7 Å². The Kier molecular flexibility index (Phi) is 8.71. The van der Waals surface area contributed by atoms with Gasteiger partial charge in [-0.2, -0.15) is 5.10 Å². The molecule has 4 aromatic carbocycles. The Hall–Kier alpha value is -4.23. The van der Waals surface area contributed by atoms with Crippen LogP contribution in [-0.4, -0.2) is 24.1 Å². The second-order valence-corrected chi connectivity index (χ2v) is 9.46. The molecule has 38 heavy (non-hydrogen) atoms. The van der Waals surface area contributed by atoms with E-state index in [0.717, 1.165) is 16.3 Å². The molecule has 0 saturated heterocycles. The van der Waals surface area contributed by atoms with Gasteiger partial charge in [-0.15, -0.1) is 0 Å². The summed E-state index contributed by atoms with van der Waals surface area (Å²) in [6.45, 7) is 3.88. The van der Waals surface area contributed by atoms with Gasteiger partial charge >= 0.3 is 0 Å². The summed E-state index contributed by atoms with van der Waals surface area (Å²) >= 11 is 5.98. The smallest absolute Gasteiger partial charge is 0.262 e. The first-order valence-corrected chi connectivity index (χ1v) is 12.5. The monoisotopic (exact) mass is 531 g/mol. The lowest BCUT2D eigenvalue weighted by Crippen LogP contribution is -2.48. The Morgan fingerprint density at radius 2 is 1.68 bits per heavy atom. The maximum Gasteiger partial charge on any atom is 0.262 e. The number of hydrazone groups is 1. The molecule has 0 radical (unpaired) electrons. The quantitative estimate of drug-likeness (QED) is 0.202. The van der Waals surface area contributed by atoms with Gasteiger partial charge in [0, 0.05) is 10.6 Å². The van der Waals surface area contributed by atoms with Crippen molar-refractivity contribution in [2.45, 2.75) is 26.5 Å². The molecule has 2 N–H and O–H groups in total. The largest absolute Gasteiger partial charge is 0.488 e. The third-order valence-corrected chi connectivity index (χ3v) is 6.21. The molecule has 4 aromatic rings. The number of hydrogen-bond donors (Lipinski definition) is 2. The molecule has 0 bridgehead atoms. The van der Waals surface area contributed by atoms with Crippen molar-refractivity contribution in [1.82, 2.24) is 10.7 Å². The molecule has 0 spiro atoms. The van der Waals surface area contributed by atoms with Gasteiger partial charge in [0.15, 0.2) is 0 Å². The van der Waals surface area contributed by atoms with Gasteiger partial charge in [-0.05, 0) is 52.6 Å². The second-order valence-electron chi connectivity index (χ2n) is 9.02. The SMILES string of the molecule is CC(C)C(NC(=O)c1ccccc1F)C(=O)NN=Cc1c(OCc2ccc(Cl)cc2)ccc2ccccc12. The number of carbonyl (C=O) groups is 2. The van der Waals surface area contributed by atoms with Crippen LogP contribution in [0, 0.1) is 11.7 Å². The molecule has 194 valence electrons. The minimum Gasteiger partial charge on any atom is -0.488 e. The number of benzene rings is 4. The van der Waals surface area contributed by atoms with Crippen molar-refractivity contribution in [2.24, 2.45) is 11.0 Å². The Morgan fingerprint density at radius 3 is 2.42 bits per heavy atom. The zero-order valence-electron chi connectivity index (χ0n) is 20.9. The molecule has 0 aliphatic carbocycles. The molecule has 0 fully saturated rings. The number of nitrogens with one attached hydrogen (secondary N) is 2. The van der Waals surface area contributed by atoms with Crippen LogP contribution in [0.25, 0.3) is 10.8 Å². The van der Waals surface area contributed by atoms with Crippen LogP contribution in [-0.2, 0) is 11.4 Å². The molecule has 1 atom stereocenters. The summed E-state index contributed by atoms with van der Waals surface area (Å²) in [6, 6.07) is 23.6. The first-order valence-electron chi connectivity index (χ1n) is 12.1. The van der Waals surface area contributed by atoms with Crippen molar-refractivity contribution in [2.75, 3.05) is 0 Å². The van der Waals surface area contributed by atoms with E-state index < -0.39 is 23.7 Å². The summed E-state index contributed by atoms with van der Waals surface area (Å²) in [6.07, 6.45) is 1.52. The number of ether oxygens (including phenoxy) is 1. The molecule has 8 heteroatoms. The number of halogens is 2.